The van der Waals surface area contributed by atoms with Gasteiger partial charge in [0.2, 0.25) is 0 Å². The van der Waals surface area contributed by atoms with Crippen LogP contribution in [-0.4, -0.2) is 22.3 Å². The minimum absolute atomic E-state index is 0.126. The highest BCUT2D eigenvalue weighted by atomic mass is 35.5. The number of halogens is 2. The van der Waals surface area contributed by atoms with Crippen molar-refractivity contribution >= 4 is 34.0 Å². The van der Waals surface area contributed by atoms with Crippen LogP contribution in [0.4, 0.5) is 0 Å². The summed E-state index contributed by atoms with van der Waals surface area (Å²) < 4.78 is 11.1. The smallest absolute Gasteiger partial charge is 0.0465 e. The van der Waals surface area contributed by atoms with Crippen molar-refractivity contribution in [2.45, 2.75) is 18.7 Å². The summed E-state index contributed by atoms with van der Waals surface area (Å²) in [6, 6.07) is 5.44. The van der Waals surface area contributed by atoms with Gasteiger partial charge >= 0.3 is 0 Å². The van der Waals surface area contributed by atoms with Crippen molar-refractivity contribution in [3.8, 4) is 0 Å². The lowest BCUT2D eigenvalue weighted by molar-refractivity contribution is 0.647. The minimum atomic E-state index is -0.807. The Labute approximate surface area is 109 Å². The number of hydrogen-bond acceptors (Lipinski definition) is 2. The van der Waals surface area contributed by atoms with Gasteiger partial charge in [-0.1, -0.05) is 29.3 Å². The molecule has 1 aromatic rings. The van der Waals surface area contributed by atoms with Crippen molar-refractivity contribution in [1.29, 1.82) is 0 Å². The maximum absolute atomic E-state index is 11.1. The molecule has 0 aromatic heterocycles. The summed E-state index contributed by atoms with van der Waals surface area (Å²) in [6.07, 6.45) is 1.70. The first kappa shape index (κ1) is 14.0. The van der Waals surface area contributed by atoms with Crippen LogP contribution in [0.3, 0.4) is 0 Å². The van der Waals surface area contributed by atoms with E-state index in [9.17, 15) is 4.21 Å². The van der Waals surface area contributed by atoms with Crippen LogP contribution >= 0.6 is 23.2 Å². The van der Waals surface area contributed by atoms with Gasteiger partial charge in [-0.15, -0.1) is 0 Å². The molecule has 2 atom stereocenters. The highest BCUT2D eigenvalue weighted by Crippen LogP contribution is 2.23. The Balaban J connectivity index is 2.52. The molecular formula is C11H15Cl2NOS. The fourth-order valence-corrected chi connectivity index (χ4v) is 2.10. The topological polar surface area (TPSA) is 29.1 Å². The van der Waals surface area contributed by atoms with Gasteiger partial charge < -0.3 is 5.32 Å². The summed E-state index contributed by atoms with van der Waals surface area (Å²) in [5, 5.41) is 4.64. The van der Waals surface area contributed by atoms with Crippen molar-refractivity contribution in [2.24, 2.45) is 0 Å². The molecule has 1 N–H and O–H groups in total. The van der Waals surface area contributed by atoms with Gasteiger partial charge in [0, 0.05) is 51.0 Å². The van der Waals surface area contributed by atoms with E-state index < -0.39 is 10.8 Å². The van der Waals surface area contributed by atoms with E-state index in [1.54, 1.807) is 6.26 Å². The molecule has 0 aliphatic heterocycles. The lowest BCUT2D eigenvalue weighted by Gasteiger charge is -2.11. The molecule has 5 heteroatoms. The van der Waals surface area contributed by atoms with Gasteiger partial charge in [0.1, 0.15) is 0 Å². The van der Waals surface area contributed by atoms with Gasteiger partial charge in [-0.3, -0.25) is 4.21 Å². The Morgan fingerprint density at radius 3 is 2.44 bits per heavy atom. The van der Waals surface area contributed by atoms with E-state index in [2.05, 4.69) is 5.32 Å². The number of rotatable bonds is 5. The molecule has 0 fully saturated rings. The summed E-state index contributed by atoms with van der Waals surface area (Å²) in [4.78, 5) is 0. The molecule has 16 heavy (non-hydrogen) atoms. The lowest BCUT2D eigenvalue weighted by atomic mass is 10.2. The zero-order chi connectivity index (χ0) is 12.1. The first-order chi connectivity index (χ1) is 7.52. The van der Waals surface area contributed by atoms with Gasteiger partial charge in [0.15, 0.2) is 0 Å². The molecule has 0 saturated heterocycles. The summed E-state index contributed by atoms with van der Waals surface area (Å²) in [6.45, 7) is 3.22. The second kappa shape index (κ2) is 6.60. The van der Waals surface area contributed by atoms with Crippen LogP contribution in [0.5, 0.6) is 0 Å². The SMILES string of the molecule is CC(CNCc1c(Cl)cccc1Cl)S(C)=O. The molecule has 2 unspecified atom stereocenters. The summed E-state index contributed by atoms with van der Waals surface area (Å²) >= 11 is 12.0. The standard InChI is InChI=1S/C11H15Cl2NOS/c1-8(16(2)15)6-14-7-9-10(12)4-3-5-11(9)13/h3-5,8,14H,6-7H2,1-2H3. The van der Waals surface area contributed by atoms with Crippen molar-refractivity contribution in [3.63, 3.8) is 0 Å². The Kier molecular flexibility index (Phi) is 5.76. The van der Waals surface area contributed by atoms with Gasteiger partial charge in [0.05, 0.1) is 0 Å². The van der Waals surface area contributed by atoms with Crippen LogP contribution in [0.2, 0.25) is 10.0 Å². The Hall–Kier alpha value is -0.0900. The van der Waals surface area contributed by atoms with E-state index >= 15 is 0 Å². The van der Waals surface area contributed by atoms with Gasteiger partial charge in [0.25, 0.3) is 0 Å². The Morgan fingerprint density at radius 1 is 1.38 bits per heavy atom. The molecule has 0 heterocycles. The molecule has 0 amide bonds. The predicted molar refractivity (Wildman–Crippen MR) is 71.7 cm³/mol. The Bertz CT molecular complexity index is 364. The maximum atomic E-state index is 11.1. The molecular weight excluding hydrogens is 265 g/mol. The van der Waals surface area contributed by atoms with E-state index in [-0.39, 0.29) is 5.25 Å². The molecule has 1 rings (SSSR count). The lowest BCUT2D eigenvalue weighted by Crippen LogP contribution is -2.27. The van der Waals surface area contributed by atoms with E-state index in [0.29, 0.717) is 23.1 Å². The normalized spacial score (nSPS) is 14.8. The van der Waals surface area contributed by atoms with Crippen LogP contribution < -0.4 is 5.32 Å². The summed E-state index contributed by atoms with van der Waals surface area (Å²) in [5.41, 5.74) is 0.889. The average Bonchev–Trinajstić information content (AvgIpc) is 2.22. The van der Waals surface area contributed by atoms with Crippen molar-refractivity contribution in [1.82, 2.24) is 5.32 Å². The first-order valence-corrected chi connectivity index (χ1v) is 7.36. The minimum Gasteiger partial charge on any atom is -0.311 e. The van der Waals surface area contributed by atoms with Crippen molar-refractivity contribution in [3.05, 3.63) is 33.8 Å². The molecule has 0 radical (unpaired) electrons. The fraction of sp³-hybridized carbons (Fsp3) is 0.455. The fourth-order valence-electron chi connectivity index (χ4n) is 1.22. The second-order valence-corrected chi connectivity index (χ2v) is 6.26. The summed E-state index contributed by atoms with van der Waals surface area (Å²) in [7, 11) is -0.807. The van der Waals surface area contributed by atoms with Crippen LogP contribution in [0, 0.1) is 0 Å². The molecule has 0 bridgehead atoms. The first-order valence-electron chi connectivity index (χ1n) is 4.98. The molecule has 1 aromatic carbocycles. The largest absolute Gasteiger partial charge is 0.311 e. The molecule has 0 saturated carbocycles. The van der Waals surface area contributed by atoms with Gasteiger partial charge in [-0.05, 0) is 19.1 Å². The highest BCUT2D eigenvalue weighted by Gasteiger charge is 2.08. The maximum Gasteiger partial charge on any atom is 0.0465 e. The monoisotopic (exact) mass is 279 g/mol. The molecule has 2 nitrogen and oxygen atoms in total. The third-order valence-electron chi connectivity index (χ3n) is 2.36. The van der Waals surface area contributed by atoms with Crippen LogP contribution in [0.25, 0.3) is 0 Å². The van der Waals surface area contributed by atoms with Crippen molar-refractivity contribution < 1.29 is 4.21 Å². The average molecular weight is 280 g/mol. The van der Waals surface area contributed by atoms with E-state index in [1.165, 1.54) is 0 Å². The second-order valence-electron chi connectivity index (χ2n) is 3.64. The van der Waals surface area contributed by atoms with E-state index in [1.807, 2.05) is 25.1 Å². The predicted octanol–water partition coefficient (Wildman–Crippen LogP) is 2.85. The third kappa shape index (κ3) is 4.06. The molecule has 90 valence electrons. The van der Waals surface area contributed by atoms with Gasteiger partial charge in [-0.2, -0.15) is 0 Å². The van der Waals surface area contributed by atoms with Crippen LogP contribution in [0.1, 0.15) is 12.5 Å². The van der Waals surface area contributed by atoms with Crippen LogP contribution in [-0.2, 0) is 17.3 Å². The quantitative estimate of drug-likeness (QED) is 0.898. The van der Waals surface area contributed by atoms with Gasteiger partial charge in [-0.25, -0.2) is 0 Å². The number of hydrogen-bond donors (Lipinski definition) is 1. The zero-order valence-electron chi connectivity index (χ0n) is 9.30. The van der Waals surface area contributed by atoms with Crippen LogP contribution in [0.15, 0.2) is 18.2 Å². The highest BCUT2D eigenvalue weighted by molar-refractivity contribution is 7.84. The third-order valence-corrected chi connectivity index (χ3v) is 4.37. The van der Waals surface area contributed by atoms with Crippen molar-refractivity contribution in [2.75, 3.05) is 12.8 Å². The van der Waals surface area contributed by atoms with E-state index in [0.717, 1.165) is 5.56 Å². The van der Waals surface area contributed by atoms with E-state index in [4.69, 9.17) is 23.2 Å². The molecule has 0 aliphatic carbocycles. The number of nitrogens with one attached hydrogen (secondary N) is 1. The summed E-state index contributed by atoms with van der Waals surface area (Å²) in [5.74, 6) is 0. The zero-order valence-corrected chi connectivity index (χ0v) is 11.6. The molecule has 0 aliphatic rings. The Morgan fingerprint density at radius 2 is 1.94 bits per heavy atom. The number of benzene rings is 1. The molecule has 0 spiro atoms.